The molecule has 510 valence electrons. The number of hydrogen-bond acceptors (Lipinski definition) is 15. The van der Waals surface area contributed by atoms with Gasteiger partial charge in [-0.05, 0) is 31.6 Å². The summed E-state index contributed by atoms with van der Waals surface area (Å²) in [5.74, 6) is -1.36. The van der Waals surface area contributed by atoms with Crippen LogP contribution in [0.3, 0.4) is 0 Å². The first kappa shape index (κ1) is 84.1. The smallest absolute Gasteiger partial charge is 0.462 e. The van der Waals surface area contributed by atoms with Gasteiger partial charge in [-0.3, -0.25) is 37.3 Å². The van der Waals surface area contributed by atoms with E-state index in [1.807, 2.05) is 0 Å². The van der Waals surface area contributed by atoms with Crippen LogP contribution in [0.5, 0.6) is 0 Å². The Kier molecular flexibility index (Phi) is 59.2. The van der Waals surface area contributed by atoms with Crippen molar-refractivity contribution in [3.63, 3.8) is 0 Å². The third kappa shape index (κ3) is 60.9. The summed E-state index contributed by atoms with van der Waals surface area (Å²) < 4.78 is 68.1. The van der Waals surface area contributed by atoms with Crippen LogP contribution in [-0.2, 0) is 65.4 Å². The van der Waals surface area contributed by atoms with Crippen LogP contribution >= 0.6 is 15.6 Å². The number of rotatable bonds is 67. The average molecular weight is 1270 g/mol. The van der Waals surface area contributed by atoms with Gasteiger partial charge in [0.15, 0.2) is 12.2 Å². The Hall–Kier alpha value is -1.94. The van der Waals surface area contributed by atoms with E-state index >= 15 is 0 Å². The minimum Gasteiger partial charge on any atom is -0.462 e. The van der Waals surface area contributed by atoms with E-state index in [1.165, 1.54) is 154 Å². The lowest BCUT2D eigenvalue weighted by Gasteiger charge is -2.21. The van der Waals surface area contributed by atoms with Gasteiger partial charge < -0.3 is 33.8 Å². The lowest BCUT2D eigenvalue weighted by atomic mass is 10.0. The Morgan fingerprint density at radius 1 is 0.314 bits per heavy atom. The fraction of sp³-hybridized carbons (Fsp3) is 0.940. The molecule has 0 fully saturated rings. The van der Waals surface area contributed by atoms with E-state index in [-0.39, 0.29) is 25.7 Å². The zero-order chi connectivity index (χ0) is 63.5. The molecule has 0 aromatic rings. The highest BCUT2D eigenvalue weighted by Crippen LogP contribution is 2.45. The Balaban J connectivity index is 5.21. The highest BCUT2D eigenvalue weighted by Gasteiger charge is 2.30. The van der Waals surface area contributed by atoms with Crippen molar-refractivity contribution >= 4 is 39.5 Å². The zero-order valence-corrected chi connectivity index (χ0v) is 57.2. The molecule has 2 unspecified atom stereocenters. The van der Waals surface area contributed by atoms with Gasteiger partial charge in [0.05, 0.1) is 26.4 Å². The van der Waals surface area contributed by atoms with Gasteiger partial charge in [0.25, 0.3) is 0 Å². The number of phosphoric ester groups is 2. The summed E-state index contributed by atoms with van der Waals surface area (Å²) in [5.41, 5.74) is 0. The molecular weight excluding hydrogens is 1140 g/mol. The molecule has 3 N–H and O–H groups in total. The molecule has 0 rings (SSSR count). The van der Waals surface area contributed by atoms with E-state index in [2.05, 4.69) is 34.6 Å². The molecule has 0 aliphatic heterocycles. The van der Waals surface area contributed by atoms with Crippen molar-refractivity contribution in [1.29, 1.82) is 0 Å². The maximum atomic E-state index is 13.0. The molecule has 0 saturated carbocycles. The van der Waals surface area contributed by atoms with Crippen molar-refractivity contribution in [3.05, 3.63) is 0 Å². The molecule has 0 spiro atoms. The molecule has 0 aliphatic rings. The first-order valence-electron chi connectivity index (χ1n) is 35.1. The zero-order valence-electron chi connectivity index (χ0n) is 55.4. The number of aliphatic hydroxyl groups is 1. The van der Waals surface area contributed by atoms with Gasteiger partial charge in [-0.1, -0.05) is 291 Å². The van der Waals surface area contributed by atoms with Crippen LogP contribution in [0.4, 0.5) is 0 Å². The minimum atomic E-state index is -4.95. The third-order valence-electron chi connectivity index (χ3n) is 15.5. The molecule has 5 atom stereocenters. The standard InChI is InChI=1S/C67H130O17P2/c1-6-9-12-15-18-20-22-24-28-31-36-41-46-51-65(70)78-57-63(84-67(72)53-48-43-38-33-29-25-26-30-35-39-44-49-60(4)5)59-82-86(75,76)80-55-61(68)54-79-85(73,74)81-58-62(56-77-64(69)50-45-40-34-17-14-11-8-3)83-66(71)52-47-42-37-32-27-23-21-19-16-13-10-7-2/h60-63,68H,6-59H2,1-5H3,(H,73,74)(H,75,76)/t61-,62+,63+/m0/s1. The molecule has 0 aromatic heterocycles. The molecule has 0 aromatic carbocycles. The van der Waals surface area contributed by atoms with Crippen LogP contribution in [0.15, 0.2) is 0 Å². The predicted octanol–water partition coefficient (Wildman–Crippen LogP) is 19.0. The summed E-state index contributed by atoms with van der Waals surface area (Å²) in [5, 5.41) is 10.6. The molecule has 17 nitrogen and oxygen atoms in total. The average Bonchev–Trinajstić information content (AvgIpc) is 3.56. The maximum absolute atomic E-state index is 13.0. The van der Waals surface area contributed by atoms with Crippen LogP contribution in [0, 0.1) is 5.92 Å². The van der Waals surface area contributed by atoms with Crippen LogP contribution < -0.4 is 0 Å². The molecule has 86 heavy (non-hydrogen) atoms. The number of hydrogen-bond donors (Lipinski definition) is 3. The third-order valence-corrected chi connectivity index (χ3v) is 17.4. The van der Waals surface area contributed by atoms with Gasteiger partial charge in [-0.25, -0.2) is 9.13 Å². The molecule has 19 heteroatoms. The topological polar surface area (TPSA) is 237 Å². The summed E-state index contributed by atoms with van der Waals surface area (Å²) in [7, 11) is -9.89. The fourth-order valence-corrected chi connectivity index (χ4v) is 11.7. The molecule has 0 amide bonds. The lowest BCUT2D eigenvalue weighted by molar-refractivity contribution is -0.161. The molecule has 0 aliphatic carbocycles. The highest BCUT2D eigenvalue weighted by molar-refractivity contribution is 7.47. The highest BCUT2D eigenvalue weighted by atomic mass is 31.2. The second-order valence-corrected chi connectivity index (χ2v) is 27.6. The van der Waals surface area contributed by atoms with Gasteiger partial charge in [0, 0.05) is 25.7 Å². The largest absolute Gasteiger partial charge is 0.472 e. The fourth-order valence-electron chi connectivity index (χ4n) is 10.1. The van der Waals surface area contributed by atoms with Crippen molar-refractivity contribution in [2.24, 2.45) is 5.92 Å². The summed E-state index contributed by atoms with van der Waals surface area (Å²) >= 11 is 0. The molecular formula is C67H130O17P2. The monoisotopic (exact) mass is 1270 g/mol. The first-order valence-corrected chi connectivity index (χ1v) is 38.1. The minimum absolute atomic E-state index is 0.107. The Labute approximate surface area is 524 Å². The maximum Gasteiger partial charge on any atom is 0.472 e. The number of phosphoric acid groups is 2. The number of aliphatic hydroxyl groups excluding tert-OH is 1. The number of ether oxygens (including phenoxy) is 4. The summed E-state index contributed by atoms with van der Waals surface area (Å²) in [4.78, 5) is 72.3. The van der Waals surface area contributed by atoms with Crippen LogP contribution in [-0.4, -0.2) is 96.7 Å². The molecule has 0 radical (unpaired) electrons. The number of unbranched alkanes of at least 4 members (excludes halogenated alkanes) is 39. The Morgan fingerprint density at radius 2 is 0.535 bits per heavy atom. The Bertz CT molecular complexity index is 1670. The molecule has 0 bridgehead atoms. The molecule has 0 heterocycles. The van der Waals surface area contributed by atoms with Crippen molar-refractivity contribution in [2.45, 2.75) is 361 Å². The van der Waals surface area contributed by atoms with Crippen LogP contribution in [0.1, 0.15) is 343 Å². The van der Waals surface area contributed by atoms with Crippen molar-refractivity contribution in [3.8, 4) is 0 Å². The number of carbonyl (C=O) groups is 4. The SMILES string of the molecule is CCCCCCCCCCCCCCCC(=O)OC[C@H](COP(=O)(O)OC[C@@H](O)COP(=O)(O)OC[C@@H](COC(=O)CCCCCCCCC)OC(=O)CCCCCCCCCCCCCC)OC(=O)CCCCCCCCCCCCCC(C)C. The second kappa shape index (κ2) is 60.6. The van der Waals surface area contributed by atoms with E-state index in [4.69, 9.17) is 37.0 Å². The second-order valence-electron chi connectivity index (χ2n) is 24.7. The normalized spacial score (nSPS) is 14.2. The Morgan fingerprint density at radius 3 is 0.791 bits per heavy atom. The number of esters is 4. The van der Waals surface area contributed by atoms with Gasteiger partial charge in [0.2, 0.25) is 0 Å². The van der Waals surface area contributed by atoms with Gasteiger partial charge in [0.1, 0.15) is 19.3 Å². The lowest BCUT2D eigenvalue weighted by Crippen LogP contribution is -2.30. The summed E-state index contributed by atoms with van der Waals surface area (Å²) in [6, 6.07) is 0. The summed E-state index contributed by atoms with van der Waals surface area (Å²) in [6.07, 6.45) is 45.8. The molecule has 0 saturated heterocycles. The predicted molar refractivity (Wildman–Crippen MR) is 345 cm³/mol. The van der Waals surface area contributed by atoms with Crippen molar-refractivity contribution < 1.29 is 80.2 Å². The van der Waals surface area contributed by atoms with E-state index in [0.29, 0.717) is 25.7 Å². The van der Waals surface area contributed by atoms with Gasteiger partial charge in [-0.2, -0.15) is 0 Å². The van der Waals surface area contributed by atoms with E-state index in [1.54, 1.807) is 0 Å². The van der Waals surface area contributed by atoms with Crippen LogP contribution in [0.2, 0.25) is 0 Å². The van der Waals surface area contributed by atoms with E-state index < -0.39 is 97.5 Å². The quantitative estimate of drug-likeness (QED) is 0.0222. The van der Waals surface area contributed by atoms with E-state index in [9.17, 15) is 43.2 Å². The van der Waals surface area contributed by atoms with Crippen molar-refractivity contribution in [1.82, 2.24) is 0 Å². The number of carbonyl (C=O) groups excluding carboxylic acids is 4. The first-order chi connectivity index (χ1) is 41.5. The van der Waals surface area contributed by atoms with Gasteiger partial charge in [-0.15, -0.1) is 0 Å². The summed E-state index contributed by atoms with van der Waals surface area (Å²) in [6.45, 7) is 7.19. The van der Waals surface area contributed by atoms with E-state index in [0.717, 1.165) is 109 Å². The van der Waals surface area contributed by atoms with Gasteiger partial charge >= 0.3 is 39.5 Å². The van der Waals surface area contributed by atoms with Crippen molar-refractivity contribution in [2.75, 3.05) is 39.6 Å². The van der Waals surface area contributed by atoms with Crippen LogP contribution in [0.25, 0.3) is 0 Å².